The molecule has 0 aliphatic heterocycles. The highest BCUT2D eigenvalue weighted by Crippen LogP contribution is 2.08. The molecule has 1 aromatic heterocycles. The van der Waals surface area contributed by atoms with Crippen LogP contribution in [0.3, 0.4) is 0 Å². The molecule has 0 saturated carbocycles. The van der Waals surface area contributed by atoms with Crippen LogP contribution in [-0.4, -0.2) is 11.5 Å². The summed E-state index contributed by atoms with van der Waals surface area (Å²) < 4.78 is 0. The maximum atomic E-state index is 5.72. The molecule has 0 saturated heterocycles. The van der Waals surface area contributed by atoms with Crippen LogP contribution < -0.4 is 5.32 Å². The molecule has 0 bridgehead atoms. The van der Waals surface area contributed by atoms with Crippen LogP contribution in [0.1, 0.15) is 13.3 Å². The van der Waals surface area contributed by atoms with Crippen LogP contribution in [0.2, 0.25) is 5.15 Å². The zero-order valence-electron chi connectivity index (χ0n) is 7.63. The molecule has 0 aromatic carbocycles. The fraction of sp³-hybridized carbons (Fsp3) is 0.300. The molecule has 0 atom stereocenters. The summed E-state index contributed by atoms with van der Waals surface area (Å²) in [7, 11) is 0. The van der Waals surface area contributed by atoms with Crippen LogP contribution in [0.15, 0.2) is 30.4 Å². The number of pyridine rings is 1. The third-order valence-electron chi connectivity index (χ3n) is 1.57. The Balaban J connectivity index is 2.36. The van der Waals surface area contributed by atoms with E-state index in [1.165, 1.54) is 0 Å². The second-order valence-electron chi connectivity index (χ2n) is 2.63. The minimum absolute atomic E-state index is 0.524. The van der Waals surface area contributed by atoms with E-state index in [0.717, 1.165) is 18.8 Å². The highest BCUT2D eigenvalue weighted by Gasteiger charge is 1.92. The zero-order chi connectivity index (χ0) is 9.52. The summed E-state index contributed by atoms with van der Waals surface area (Å²) in [6.45, 7) is 2.90. The normalized spacial score (nSPS) is 10.6. The number of nitrogens with zero attached hydrogens (tertiary/aromatic N) is 1. The average Bonchev–Trinajstić information content (AvgIpc) is 2.13. The topological polar surface area (TPSA) is 24.9 Å². The van der Waals surface area contributed by atoms with Crippen molar-refractivity contribution < 1.29 is 0 Å². The van der Waals surface area contributed by atoms with Gasteiger partial charge in [-0.15, -0.1) is 0 Å². The Bertz CT molecular complexity index is 284. The molecule has 1 aromatic rings. The molecule has 0 aliphatic carbocycles. The monoisotopic (exact) mass is 196 g/mol. The van der Waals surface area contributed by atoms with Crippen molar-refractivity contribution in [3.05, 3.63) is 35.5 Å². The lowest BCUT2D eigenvalue weighted by molar-refractivity contribution is 1.05. The van der Waals surface area contributed by atoms with Crippen LogP contribution in [0.5, 0.6) is 0 Å². The van der Waals surface area contributed by atoms with Crippen molar-refractivity contribution in [2.75, 3.05) is 11.9 Å². The van der Waals surface area contributed by atoms with Gasteiger partial charge in [-0.05, 0) is 25.5 Å². The number of hydrogen-bond acceptors (Lipinski definition) is 2. The smallest absolute Gasteiger partial charge is 0.131 e. The van der Waals surface area contributed by atoms with Crippen molar-refractivity contribution in [3.8, 4) is 0 Å². The lowest BCUT2D eigenvalue weighted by Crippen LogP contribution is -2.01. The van der Waals surface area contributed by atoms with Gasteiger partial charge in [-0.25, -0.2) is 4.98 Å². The molecule has 70 valence electrons. The van der Waals surface area contributed by atoms with Crippen molar-refractivity contribution in [2.24, 2.45) is 0 Å². The summed E-state index contributed by atoms with van der Waals surface area (Å²) in [5.74, 6) is 0.831. The van der Waals surface area contributed by atoms with Gasteiger partial charge in [0.25, 0.3) is 0 Å². The number of allylic oxidation sites excluding steroid dienone is 1. The molecule has 1 N–H and O–H groups in total. The molecule has 2 nitrogen and oxygen atoms in total. The Hall–Kier alpha value is -1.02. The lowest BCUT2D eigenvalue weighted by atomic mass is 10.4. The van der Waals surface area contributed by atoms with E-state index in [-0.39, 0.29) is 0 Å². The summed E-state index contributed by atoms with van der Waals surface area (Å²) >= 11 is 5.72. The van der Waals surface area contributed by atoms with E-state index in [0.29, 0.717) is 5.15 Å². The van der Waals surface area contributed by atoms with Crippen molar-refractivity contribution in [2.45, 2.75) is 13.3 Å². The number of rotatable bonds is 4. The molecule has 0 spiro atoms. The van der Waals surface area contributed by atoms with Gasteiger partial charge in [-0.3, -0.25) is 0 Å². The molecule has 0 fully saturated rings. The summed E-state index contributed by atoms with van der Waals surface area (Å²) in [6.07, 6.45) is 5.15. The van der Waals surface area contributed by atoms with Gasteiger partial charge in [0.15, 0.2) is 0 Å². The molecule has 0 unspecified atom stereocenters. The van der Waals surface area contributed by atoms with E-state index in [2.05, 4.69) is 16.4 Å². The maximum absolute atomic E-state index is 5.72. The predicted octanol–water partition coefficient (Wildman–Crippen LogP) is 3.11. The van der Waals surface area contributed by atoms with Crippen LogP contribution >= 0.6 is 11.6 Å². The molecular formula is C10H13ClN2. The largest absolute Gasteiger partial charge is 0.370 e. The van der Waals surface area contributed by atoms with E-state index in [1.54, 1.807) is 6.07 Å². The van der Waals surface area contributed by atoms with Crippen molar-refractivity contribution in [3.63, 3.8) is 0 Å². The van der Waals surface area contributed by atoms with Gasteiger partial charge in [0.05, 0.1) is 0 Å². The van der Waals surface area contributed by atoms with Gasteiger partial charge < -0.3 is 5.32 Å². The Morgan fingerprint density at radius 2 is 2.38 bits per heavy atom. The molecular weight excluding hydrogens is 184 g/mol. The van der Waals surface area contributed by atoms with Gasteiger partial charge in [0.1, 0.15) is 11.0 Å². The van der Waals surface area contributed by atoms with E-state index in [4.69, 9.17) is 11.6 Å². The average molecular weight is 197 g/mol. The number of nitrogens with one attached hydrogen (secondary N) is 1. The summed E-state index contributed by atoms with van der Waals surface area (Å²) in [4.78, 5) is 4.10. The fourth-order valence-electron chi connectivity index (χ4n) is 0.957. The summed E-state index contributed by atoms with van der Waals surface area (Å²) in [5.41, 5.74) is 0. The highest BCUT2D eigenvalue weighted by atomic mass is 35.5. The van der Waals surface area contributed by atoms with Gasteiger partial charge >= 0.3 is 0 Å². The van der Waals surface area contributed by atoms with Crippen molar-refractivity contribution in [1.82, 2.24) is 4.98 Å². The van der Waals surface area contributed by atoms with Crippen LogP contribution in [0, 0.1) is 0 Å². The van der Waals surface area contributed by atoms with Gasteiger partial charge in [0.2, 0.25) is 0 Å². The SMILES string of the molecule is C/C=C/CCNc1cccc(Cl)n1. The van der Waals surface area contributed by atoms with Crippen molar-refractivity contribution >= 4 is 17.4 Å². The van der Waals surface area contributed by atoms with E-state index in [9.17, 15) is 0 Å². The quantitative estimate of drug-likeness (QED) is 0.455. The second-order valence-corrected chi connectivity index (χ2v) is 3.02. The zero-order valence-corrected chi connectivity index (χ0v) is 8.38. The van der Waals surface area contributed by atoms with Crippen LogP contribution in [0.25, 0.3) is 0 Å². The Morgan fingerprint density at radius 3 is 3.08 bits per heavy atom. The van der Waals surface area contributed by atoms with E-state index >= 15 is 0 Å². The second kappa shape index (κ2) is 5.60. The molecule has 0 aliphatic rings. The molecule has 0 amide bonds. The Kier molecular flexibility index (Phi) is 4.33. The predicted molar refractivity (Wildman–Crippen MR) is 57.2 cm³/mol. The first kappa shape index (κ1) is 10.1. The lowest BCUT2D eigenvalue weighted by Gasteiger charge is -2.02. The molecule has 0 radical (unpaired) electrons. The fourth-order valence-corrected chi connectivity index (χ4v) is 1.12. The van der Waals surface area contributed by atoms with Gasteiger partial charge in [-0.1, -0.05) is 29.8 Å². The first-order valence-electron chi connectivity index (χ1n) is 4.30. The third kappa shape index (κ3) is 3.95. The Morgan fingerprint density at radius 1 is 1.54 bits per heavy atom. The number of aromatic nitrogens is 1. The van der Waals surface area contributed by atoms with E-state index < -0.39 is 0 Å². The van der Waals surface area contributed by atoms with Gasteiger partial charge in [-0.2, -0.15) is 0 Å². The first-order valence-corrected chi connectivity index (χ1v) is 4.68. The van der Waals surface area contributed by atoms with Gasteiger partial charge in [0, 0.05) is 6.54 Å². The van der Waals surface area contributed by atoms with Crippen molar-refractivity contribution in [1.29, 1.82) is 0 Å². The Labute approximate surface area is 83.6 Å². The number of anilines is 1. The summed E-state index contributed by atoms with van der Waals surface area (Å²) in [5, 5.41) is 3.70. The molecule has 1 heterocycles. The first-order chi connectivity index (χ1) is 6.33. The molecule has 13 heavy (non-hydrogen) atoms. The van der Waals surface area contributed by atoms with Crippen LogP contribution in [0.4, 0.5) is 5.82 Å². The third-order valence-corrected chi connectivity index (χ3v) is 1.78. The van der Waals surface area contributed by atoms with Crippen LogP contribution in [-0.2, 0) is 0 Å². The minimum Gasteiger partial charge on any atom is -0.370 e. The number of hydrogen-bond donors (Lipinski definition) is 1. The minimum atomic E-state index is 0.524. The molecule has 1 rings (SSSR count). The maximum Gasteiger partial charge on any atom is 0.131 e. The summed E-state index contributed by atoms with van der Waals surface area (Å²) in [6, 6.07) is 5.55. The number of halogens is 1. The molecule has 3 heteroatoms. The highest BCUT2D eigenvalue weighted by molar-refractivity contribution is 6.29. The standard InChI is InChI=1S/C10H13ClN2/c1-2-3-4-8-12-10-7-5-6-9(11)13-10/h2-3,5-7H,4,8H2,1H3,(H,12,13)/b3-2+. The van der Waals surface area contributed by atoms with E-state index in [1.807, 2.05) is 25.1 Å².